The Balaban J connectivity index is 2.18. The number of benzene rings is 1. The molecule has 1 aromatic carbocycles. The van der Waals surface area contributed by atoms with Crippen molar-refractivity contribution in [2.45, 2.75) is 6.92 Å². The van der Waals surface area contributed by atoms with Crippen molar-refractivity contribution >= 4 is 40.8 Å². The number of nitrogens with one attached hydrogen (secondary N) is 3. The largest absolute Gasteiger partial charge is 0.381 e. The molecule has 1 aromatic rings. The first-order chi connectivity index (χ1) is 11.9. The van der Waals surface area contributed by atoms with Crippen LogP contribution in [0.4, 0.5) is 0 Å². The van der Waals surface area contributed by atoms with Gasteiger partial charge in [-0.05, 0) is 0 Å². The van der Waals surface area contributed by atoms with Crippen LogP contribution >= 0.6 is 12.0 Å². The Kier molecular flexibility index (Phi) is 8.72. The van der Waals surface area contributed by atoms with E-state index >= 15 is 0 Å². The molecule has 134 valence electrons. The Morgan fingerprint density at radius 1 is 0.880 bits per heavy atom. The van der Waals surface area contributed by atoms with Crippen LogP contribution in [0, 0.1) is 0 Å². The molecule has 0 aliphatic carbocycles. The molecule has 0 fully saturated rings. The minimum absolute atomic E-state index is 0.247. The third kappa shape index (κ3) is 9.11. The fraction of sp³-hybridized carbons (Fsp3) is 0.267. The van der Waals surface area contributed by atoms with Crippen molar-refractivity contribution < 1.29 is 28.2 Å². The predicted octanol–water partition coefficient (Wildman–Crippen LogP) is -0.613. The number of amides is 3. The van der Waals surface area contributed by atoms with Gasteiger partial charge >= 0.3 is 5.97 Å². The highest BCUT2D eigenvalue weighted by Crippen LogP contribution is 2.13. The molecule has 0 radical (unpaired) electrons. The average Bonchev–Trinajstić information content (AvgIpc) is 2.61. The van der Waals surface area contributed by atoms with Gasteiger partial charge in [0.05, 0.1) is 13.1 Å². The normalized spacial score (nSPS) is 9.64. The molecule has 9 nitrogen and oxygen atoms in total. The minimum Gasteiger partial charge on any atom is -0.381 e. The van der Waals surface area contributed by atoms with Gasteiger partial charge in [-0.25, -0.2) is 4.79 Å². The quantitative estimate of drug-likeness (QED) is 0.548. The maximum Gasteiger partial charge on any atom is 0.337 e. The third-order valence-electron chi connectivity index (χ3n) is 2.59. The molecule has 0 aliphatic heterocycles. The van der Waals surface area contributed by atoms with E-state index in [0.29, 0.717) is 17.6 Å². The van der Waals surface area contributed by atoms with E-state index in [1.807, 2.05) is 0 Å². The summed E-state index contributed by atoms with van der Waals surface area (Å²) in [5.74, 6) is -2.35. The molecule has 1 rings (SSSR count). The second kappa shape index (κ2) is 10.8. The summed E-state index contributed by atoms with van der Waals surface area (Å²) >= 11 is 0.367. The van der Waals surface area contributed by atoms with Crippen LogP contribution < -0.4 is 16.0 Å². The minimum atomic E-state index is -0.813. The van der Waals surface area contributed by atoms with Gasteiger partial charge in [-0.2, -0.15) is 0 Å². The predicted molar refractivity (Wildman–Crippen MR) is 89.2 cm³/mol. The zero-order chi connectivity index (χ0) is 18.7. The van der Waals surface area contributed by atoms with E-state index in [9.17, 15) is 24.0 Å². The first kappa shape index (κ1) is 20.2. The molecular weight excluding hydrogens is 350 g/mol. The van der Waals surface area contributed by atoms with Gasteiger partial charge in [-0.15, -0.1) is 0 Å². The second-order valence-electron chi connectivity index (χ2n) is 4.66. The molecule has 3 amide bonds. The van der Waals surface area contributed by atoms with Gasteiger partial charge in [0.25, 0.3) is 5.12 Å². The first-order valence-electron chi connectivity index (χ1n) is 7.13. The smallest absolute Gasteiger partial charge is 0.337 e. The summed E-state index contributed by atoms with van der Waals surface area (Å²) in [6, 6.07) is 8.26. The summed E-state index contributed by atoms with van der Waals surface area (Å²) in [5, 5.41) is 6.31. The van der Waals surface area contributed by atoms with Crippen molar-refractivity contribution in [2.24, 2.45) is 0 Å². The summed E-state index contributed by atoms with van der Waals surface area (Å²) < 4.78 is 4.68. The molecule has 25 heavy (non-hydrogen) atoms. The molecular formula is C15H17N3O6S. The van der Waals surface area contributed by atoms with Gasteiger partial charge in [-0.1, -0.05) is 30.3 Å². The Hall–Kier alpha value is -2.88. The number of hydrogen-bond donors (Lipinski definition) is 3. The zero-order valence-corrected chi connectivity index (χ0v) is 14.2. The Morgan fingerprint density at radius 3 is 2.04 bits per heavy atom. The maximum atomic E-state index is 11.7. The highest BCUT2D eigenvalue weighted by atomic mass is 32.2. The highest BCUT2D eigenvalue weighted by Gasteiger charge is 2.13. The van der Waals surface area contributed by atoms with E-state index in [4.69, 9.17) is 0 Å². The number of rotatable bonds is 7. The molecule has 0 saturated carbocycles. The SMILES string of the molecule is CC(=O)NCC(=O)NCC(=O)NCC(=O)OSC(=O)c1ccccc1. The fourth-order valence-corrected chi connectivity index (χ4v) is 1.88. The van der Waals surface area contributed by atoms with E-state index in [1.54, 1.807) is 30.3 Å². The lowest BCUT2D eigenvalue weighted by Crippen LogP contribution is -2.42. The highest BCUT2D eigenvalue weighted by molar-refractivity contribution is 8.10. The van der Waals surface area contributed by atoms with Crippen molar-refractivity contribution in [1.82, 2.24) is 16.0 Å². The molecule has 3 N–H and O–H groups in total. The Morgan fingerprint density at radius 2 is 1.44 bits per heavy atom. The van der Waals surface area contributed by atoms with Crippen molar-refractivity contribution in [1.29, 1.82) is 0 Å². The van der Waals surface area contributed by atoms with Gasteiger partial charge in [0, 0.05) is 12.5 Å². The zero-order valence-electron chi connectivity index (χ0n) is 13.4. The van der Waals surface area contributed by atoms with E-state index in [-0.39, 0.29) is 19.0 Å². The van der Waals surface area contributed by atoms with Crippen molar-refractivity contribution in [2.75, 3.05) is 19.6 Å². The van der Waals surface area contributed by atoms with E-state index < -0.39 is 29.4 Å². The monoisotopic (exact) mass is 367 g/mol. The van der Waals surface area contributed by atoms with Crippen molar-refractivity contribution in [3.63, 3.8) is 0 Å². The molecule has 0 unspecified atom stereocenters. The van der Waals surface area contributed by atoms with Crippen LogP contribution in [-0.2, 0) is 23.4 Å². The van der Waals surface area contributed by atoms with Crippen molar-refractivity contribution in [3.05, 3.63) is 35.9 Å². The van der Waals surface area contributed by atoms with Crippen LogP contribution in [0.2, 0.25) is 0 Å². The maximum absolute atomic E-state index is 11.7. The third-order valence-corrected chi connectivity index (χ3v) is 3.25. The lowest BCUT2D eigenvalue weighted by Gasteiger charge is -2.07. The first-order valence-corrected chi connectivity index (χ1v) is 7.87. The van der Waals surface area contributed by atoms with Gasteiger partial charge in [0.1, 0.15) is 18.6 Å². The number of carbonyl (C=O) groups excluding carboxylic acids is 5. The molecule has 0 aromatic heterocycles. The average molecular weight is 367 g/mol. The lowest BCUT2D eigenvalue weighted by atomic mass is 10.2. The second-order valence-corrected chi connectivity index (χ2v) is 5.36. The Bertz CT molecular complexity index is 650. The lowest BCUT2D eigenvalue weighted by molar-refractivity contribution is -0.134. The van der Waals surface area contributed by atoms with Gasteiger partial charge in [0.2, 0.25) is 17.7 Å². The summed E-state index contributed by atoms with van der Waals surface area (Å²) in [6.07, 6.45) is 0. The standard InChI is InChI=1S/C15H17N3O6S/c1-10(19)16-7-12(20)17-8-13(21)18-9-14(22)24-25-15(23)11-5-3-2-4-6-11/h2-6H,7-9H2,1H3,(H,16,19)(H,17,20)(H,18,21). The van der Waals surface area contributed by atoms with Crippen LogP contribution in [0.15, 0.2) is 30.3 Å². The van der Waals surface area contributed by atoms with Gasteiger partial charge < -0.3 is 20.1 Å². The van der Waals surface area contributed by atoms with Gasteiger partial charge in [0.15, 0.2) is 0 Å². The Labute approximate surface area is 148 Å². The molecule has 0 spiro atoms. The van der Waals surface area contributed by atoms with Crippen LogP contribution in [0.3, 0.4) is 0 Å². The summed E-state index contributed by atoms with van der Waals surface area (Å²) in [4.78, 5) is 56.5. The number of hydrogen-bond acceptors (Lipinski definition) is 7. The van der Waals surface area contributed by atoms with E-state index in [2.05, 4.69) is 20.1 Å². The van der Waals surface area contributed by atoms with Crippen LogP contribution in [0.5, 0.6) is 0 Å². The molecule has 0 atom stereocenters. The molecule has 10 heteroatoms. The summed E-state index contributed by atoms with van der Waals surface area (Å²) in [5.41, 5.74) is 0.381. The van der Waals surface area contributed by atoms with Crippen LogP contribution in [0.25, 0.3) is 0 Å². The van der Waals surface area contributed by atoms with E-state index in [1.165, 1.54) is 6.92 Å². The van der Waals surface area contributed by atoms with Crippen LogP contribution in [-0.4, -0.2) is 48.4 Å². The van der Waals surface area contributed by atoms with Crippen LogP contribution in [0.1, 0.15) is 17.3 Å². The summed E-state index contributed by atoms with van der Waals surface area (Å²) in [6.45, 7) is 0.201. The fourth-order valence-electron chi connectivity index (χ4n) is 1.42. The van der Waals surface area contributed by atoms with Gasteiger partial charge in [-0.3, -0.25) is 19.2 Å². The molecule has 0 bridgehead atoms. The molecule has 0 heterocycles. The number of carbonyl (C=O) groups is 5. The van der Waals surface area contributed by atoms with Crippen molar-refractivity contribution in [3.8, 4) is 0 Å². The summed E-state index contributed by atoms with van der Waals surface area (Å²) in [7, 11) is 0. The topological polar surface area (TPSA) is 131 Å². The molecule has 0 saturated heterocycles. The van der Waals surface area contributed by atoms with E-state index in [0.717, 1.165) is 0 Å². The molecule has 0 aliphatic rings.